The molecule has 2 rings (SSSR count). The maximum atomic E-state index is 8.74. The van der Waals surface area contributed by atoms with E-state index in [1.54, 1.807) is 12.3 Å². The van der Waals surface area contributed by atoms with Crippen LogP contribution in [0.3, 0.4) is 0 Å². The summed E-state index contributed by atoms with van der Waals surface area (Å²) in [7, 11) is 0. The first-order valence-corrected chi connectivity index (χ1v) is 5.54. The number of rotatable bonds is 3. The molecule has 0 bridgehead atoms. The minimum Gasteiger partial charge on any atom is -0.327 e. The summed E-state index contributed by atoms with van der Waals surface area (Å²) in [6, 6.07) is 15.8. The zero-order chi connectivity index (χ0) is 12.1. The van der Waals surface area contributed by atoms with Crippen LogP contribution in [0.25, 0.3) is 0 Å². The summed E-state index contributed by atoms with van der Waals surface area (Å²) in [5.74, 6) is 0.859. The fraction of sp³-hybridized carbons (Fsp3) is 0.143. The first-order chi connectivity index (χ1) is 8.35. The number of hydrogen-bond acceptors (Lipinski definition) is 3. The molecule has 0 saturated heterocycles. The van der Waals surface area contributed by atoms with Gasteiger partial charge < -0.3 is 4.90 Å². The monoisotopic (exact) mass is 223 g/mol. The smallest absolute Gasteiger partial charge is 0.132 e. The van der Waals surface area contributed by atoms with Crippen LogP contribution in [0.4, 0.5) is 11.5 Å². The Morgan fingerprint density at radius 1 is 1.18 bits per heavy atom. The van der Waals surface area contributed by atoms with Gasteiger partial charge >= 0.3 is 0 Å². The van der Waals surface area contributed by atoms with Gasteiger partial charge in [-0.2, -0.15) is 5.26 Å². The van der Waals surface area contributed by atoms with Crippen molar-refractivity contribution in [3.63, 3.8) is 0 Å². The van der Waals surface area contributed by atoms with Gasteiger partial charge in [-0.3, -0.25) is 0 Å². The van der Waals surface area contributed by atoms with Crippen LogP contribution in [0.2, 0.25) is 0 Å². The van der Waals surface area contributed by atoms with Crippen molar-refractivity contribution >= 4 is 11.5 Å². The topological polar surface area (TPSA) is 39.9 Å². The van der Waals surface area contributed by atoms with Crippen LogP contribution in [0.5, 0.6) is 0 Å². The first kappa shape index (κ1) is 11.2. The molecule has 1 aromatic carbocycles. The third-order valence-corrected chi connectivity index (χ3v) is 2.54. The zero-order valence-corrected chi connectivity index (χ0v) is 9.67. The van der Waals surface area contributed by atoms with E-state index in [4.69, 9.17) is 5.26 Å². The molecule has 0 aliphatic rings. The number of nitriles is 1. The molecule has 0 amide bonds. The van der Waals surface area contributed by atoms with Gasteiger partial charge in [0, 0.05) is 18.4 Å². The fourth-order valence-electron chi connectivity index (χ4n) is 1.70. The number of pyridine rings is 1. The number of anilines is 2. The molecule has 3 nitrogen and oxygen atoms in total. The molecule has 3 heteroatoms. The summed E-state index contributed by atoms with van der Waals surface area (Å²) < 4.78 is 0. The van der Waals surface area contributed by atoms with E-state index >= 15 is 0 Å². The number of aromatic nitrogens is 1. The molecule has 1 aromatic heterocycles. The largest absolute Gasteiger partial charge is 0.327 e. The van der Waals surface area contributed by atoms with E-state index < -0.39 is 0 Å². The third kappa shape index (κ3) is 2.43. The highest BCUT2D eigenvalue weighted by Gasteiger charge is 2.07. The van der Waals surface area contributed by atoms with Crippen molar-refractivity contribution < 1.29 is 0 Å². The van der Waals surface area contributed by atoms with Crippen molar-refractivity contribution in [3.8, 4) is 6.07 Å². The number of hydrogen-bond donors (Lipinski definition) is 0. The maximum Gasteiger partial charge on any atom is 0.132 e. The van der Waals surface area contributed by atoms with E-state index in [0.717, 1.165) is 18.1 Å². The van der Waals surface area contributed by atoms with Crippen LogP contribution in [-0.4, -0.2) is 11.5 Å². The lowest BCUT2D eigenvalue weighted by Gasteiger charge is -2.21. The van der Waals surface area contributed by atoms with Crippen molar-refractivity contribution in [1.82, 2.24) is 4.98 Å². The molecule has 0 radical (unpaired) electrons. The Kier molecular flexibility index (Phi) is 3.37. The molecule has 17 heavy (non-hydrogen) atoms. The van der Waals surface area contributed by atoms with Crippen LogP contribution in [0.1, 0.15) is 12.5 Å². The second-order valence-corrected chi connectivity index (χ2v) is 3.60. The lowest BCUT2D eigenvalue weighted by Crippen LogP contribution is -2.17. The highest BCUT2D eigenvalue weighted by atomic mass is 15.2. The summed E-state index contributed by atoms with van der Waals surface area (Å²) in [5.41, 5.74) is 1.69. The average molecular weight is 223 g/mol. The van der Waals surface area contributed by atoms with E-state index in [1.807, 2.05) is 36.4 Å². The second-order valence-electron chi connectivity index (χ2n) is 3.60. The van der Waals surface area contributed by atoms with E-state index in [-0.39, 0.29) is 0 Å². The Hall–Kier alpha value is -2.34. The number of benzene rings is 1. The number of nitrogens with zero attached hydrogens (tertiary/aromatic N) is 3. The Morgan fingerprint density at radius 3 is 2.47 bits per heavy atom. The molecule has 0 N–H and O–H groups in total. The summed E-state index contributed by atoms with van der Waals surface area (Å²) in [5, 5.41) is 8.74. The Labute approximate surface area is 101 Å². The highest BCUT2D eigenvalue weighted by molar-refractivity contribution is 5.59. The van der Waals surface area contributed by atoms with Gasteiger partial charge in [0.2, 0.25) is 0 Å². The van der Waals surface area contributed by atoms with E-state index in [2.05, 4.69) is 22.9 Å². The molecule has 2 aromatic rings. The van der Waals surface area contributed by atoms with E-state index in [1.165, 1.54) is 0 Å². The average Bonchev–Trinajstić information content (AvgIpc) is 2.42. The molecule has 0 aliphatic carbocycles. The lowest BCUT2D eigenvalue weighted by molar-refractivity contribution is 0.989. The third-order valence-electron chi connectivity index (χ3n) is 2.54. The van der Waals surface area contributed by atoms with Gasteiger partial charge in [0.1, 0.15) is 11.9 Å². The minimum absolute atomic E-state index is 0.581. The zero-order valence-electron chi connectivity index (χ0n) is 9.67. The molecule has 0 saturated carbocycles. The van der Waals surface area contributed by atoms with Crippen LogP contribution >= 0.6 is 0 Å². The summed E-state index contributed by atoms with van der Waals surface area (Å²) in [6.45, 7) is 2.91. The Bertz CT molecular complexity index is 511. The van der Waals surface area contributed by atoms with Crippen LogP contribution < -0.4 is 4.90 Å². The van der Waals surface area contributed by atoms with Crippen LogP contribution in [-0.2, 0) is 0 Å². The van der Waals surface area contributed by atoms with Crippen molar-refractivity contribution in [1.29, 1.82) is 5.26 Å². The molecule has 0 fully saturated rings. The van der Waals surface area contributed by atoms with Gasteiger partial charge in [-0.05, 0) is 31.2 Å². The van der Waals surface area contributed by atoms with Crippen LogP contribution in [0.15, 0.2) is 48.7 Å². The maximum absolute atomic E-state index is 8.74. The minimum atomic E-state index is 0.581. The fourth-order valence-corrected chi connectivity index (χ4v) is 1.70. The molecule has 84 valence electrons. The highest BCUT2D eigenvalue weighted by Crippen LogP contribution is 2.22. The van der Waals surface area contributed by atoms with Gasteiger partial charge in [0.15, 0.2) is 0 Å². The molecule has 0 aliphatic heterocycles. The van der Waals surface area contributed by atoms with E-state index in [0.29, 0.717) is 5.56 Å². The summed E-state index contributed by atoms with van der Waals surface area (Å²) in [4.78, 5) is 6.40. The Balaban J connectivity index is 2.33. The predicted octanol–water partition coefficient (Wildman–Crippen LogP) is 3.11. The van der Waals surface area contributed by atoms with Gasteiger partial charge in [-0.1, -0.05) is 18.2 Å². The Morgan fingerprint density at radius 2 is 1.94 bits per heavy atom. The van der Waals surface area contributed by atoms with E-state index in [9.17, 15) is 0 Å². The molecular weight excluding hydrogens is 210 g/mol. The second kappa shape index (κ2) is 5.13. The molecule has 1 heterocycles. The SMILES string of the molecule is CCN(c1ccccc1)c1ccc(C#N)cn1. The van der Waals surface area contributed by atoms with Crippen molar-refractivity contribution in [2.45, 2.75) is 6.92 Å². The molecule has 0 atom stereocenters. The van der Waals surface area contributed by atoms with Crippen molar-refractivity contribution in [3.05, 3.63) is 54.2 Å². The van der Waals surface area contributed by atoms with Gasteiger partial charge in [-0.15, -0.1) is 0 Å². The number of para-hydroxylation sites is 1. The van der Waals surface area contributed by atoms with Crippen molar-refractivity contribution in [2.75, 3.05) is 11.4 Å². The first-order valence-electron chi connectivity index (χ1n) is 5.54. The van der Waals surface area contributed by atoms with Gasteiger partial charge in [0.25, 0.3) is 0 Å². The van der Waals surface area contributed by atoms with Gasteiger partial charge in [0.05, 0.1) is 5.56 Å². The van der Waals surface area contributed by atoms with Crippen LogP contribution in [0, 0.1) is 11.3 Å². The van der Waals surface area contributed by atoms with Gasteiger partial charge in [-0.25, -0.2) is 4.98 Å². The normalized spacial score (nSPS) is 9.65. The molecular formula is C14H13N3. The summed E-state index contributed by atoms with van der Waals surface area (Å²) >= 11 is 0. The predicted molar refractivity (Wildman–Crippen MR) is 68.1 cm³/mol. The standard InChI is InChI=1S/C14H13N3/c1-2-17(13-6-4-3-5-7-13)14-9-8-12(10-15)11-16-14/h3-9,11H,2H2,1H3. The lowest BCUT2D eigenvalue weighted by atomic mass is 10.2. The van der Waals surface area contributed by atoms with Crippen molar-refractivity contribution in [2.24, 2.45) is 0 Å². The summed E-state index contributed by atoms with van der Waals surface area (Å²) in [6.07, 6.45) is 1.60. The molecule has 0 unspecified atom stereocenters. The molecule has 0 spiro atoms. The quantitative estimate of drug-likeness (QED) is 0.802.